The van der Waals surface area contributed by atoms with Crippen molar-refractivity contribution >= 4 is 27.9 Å². The molecule has 178 valence electrons. The van der Waals surface area contributed by atoms with E-state index >= 15 is 0 Å². The average Bonchev–Trinajstić information content (AvgIpc) is 3.35. The van der Waals surface area contributed by atoms with Gasteiger partial charge in [-0.1, -0.05) is 24.3 Å². The molecule has 0 saturated carbocycles. The lowest BCUT2D eigenvalue weighted by Crippen LogP contribution is -2.43. The van der Waals surface area contributed by atoms with Crippen molar-refractivity contribution in [3.05, 3.63) is 89.4 Å². The molecule has 0 atom stereocenters. The van der Waals surface area contributed by atoms with Gasteiger partial charge in [-0.15, -0.1) is 0 Å². The Morgan fingerprint density at radius 1 is 1.03 bits per heavy atom. The molecule has 0 spiro atoms. The minimum absolute atomic E-state index is 0.0402. The van der Waals surface area contributed by atoms with Crippen LogP contribution in [0.15, 0.2) is 76.2 Å². The van der Waals surface area contributed by atoms with E-state index in [1.165, 1.54) is 30.5 Å². The summed E-state index contributed by atoms with van der Waals surface area (Å²) < 4.78 is 37.7. The van der Waals surface area contributed by atoms with Crippen molar-refractivity contribution in [2.45, 2.75) is 25.3 Å². The van der Waals surface area contributed by atoms with Gasteiger partial charge in [0, 0.05) is 6.08 Å². The number of rotatable bonds is 9. The third-order valence-electron chi connectivity index (χ3n) is 4.66. The van der Waals surface area contributed by atoms with Crippen LogP contribution in [-0.2, 0) is 26.2 Å². The Labute approximate surface area is 197 Å². The van der Waals surface area contributed by atoms with Gasteiger partial charge in [0.05, 0.1) is 17.7 Å². The molecule has 3 N–H and O–H groups in total. The summed E-state index contributed by atoms with van der Waals surface area (Å²) in [7, 11) is -3.71. The van der Waals surface area contributed by atoms with Crippen molar-refractivity contribution in [2.24, 2.45) is 0 Å². The molecule has 34 heavy (non-hydrogen) atoms. The maximum absolute atomic E-state index is 12.3. The Kier molecular flexibility index (Phi) is 8.23. The summed E-state index contributed by atoms with van der Waals surface area (Å²) >= 11 is 0. The second-order valence-corrected chi connectivity index (χ2v) is 9.17. The van der Waals surface area contributed by atoms with E-state index in [0.717, 1.165) is 11.1 Å². The molecule has 1 aromatic heterocycles. The maximum atomic E-state index is 12.3. The molecule has 0 unspecified atom stereocenters. The predicted octanol–water partition coefficient (Wildman–Crippen LogP) is 2.61. The molecule has 3 aromatic rings. The summed E-state index contributed by atoms with van der Waals surface area (Å²) in [4.78, 5) is 23.9. The summed E-state index contributed by atoms with van der Waals surface area (Å²) in [6.45, 7) is 3.58. The summed E-state index contributed by atoms with van der Waals surface area (Å²) in [5.74, 6) is 0.0252. The van der Waals surface area contributed by atoms with E-state index in [1.54, 1.807) is 24.3 Å². The standard InChI is InChI=1S/C24H25N3O6S/c1-17-5-6-18(2)22(14-17)33-16-24(29)27-26-23(28)12-9-19-7-10-21(11-8-19)34(30,31)25-15-20-4-3-13-32-20/h3-14,25H,15-16H2,1-2H3,(H,26,28)(H,27,29)/b12-9+. The van der Waals surface area contributed by atoms with Crippen LogP contribution in [0.4, 0.5) is 0 Å². The van der Waals surface area contributed by atoms with Crippen LogP contribution >= 0.6 is 0 Å². The Hall–Kier alpha value is -3.89. The van der Waals surface area contributed by atoms with E-state index in [4.69, 9.17) is 9.15 Å². The Balaban J connectivity index is 1.45. The van der Waals surface area contributed by atoms with E-state index in [9.17, 15) is 18.0 Å². The van der Waals surface area contributed by atoms with E-state index in [1.807, 2.05) is 32.0 Å². The van der Waals surface area contributed by atoms with E-state index in [-0.39, 0.29) is 18.0 Å². The topological polar surface area (TPSA) is 127 Å². The number of hydrazine groups is 1. The fraction of sp³-hybridized carbons (Fsp3) is 0.167. The second kappa shape index (κ2) is 11.3. The highest BCUT2D eigenvalue weighted by molar-refractivity contribution is 7.89. The predicted molar refractivity (Wildman–Crippen MR) is 126 cm³/mol. The number of aryl methyl sites for hydroxylation is 2. The Morgan fingerprint density at radius 2 is 1.79 bits per heavy atom. The highest BCUT2D eigenvalue weighted by Gasteiger charge is 2.14. The number of hydrogen-bond acceptors (Lipinski definition) is 6. The molecule has 10 heteroatoms. The van der Waals surface area contributed by atoms with Gasteiger partial charge in [0.1, 0.15) is 11.5 Å². The van der Waals surface area contributed by atoms with Crippen LogP contribution in [0.25, 0.3) is 6.08 Å². The molecule has 9 nitrogen and oxygen atoms in total. The molecule has 1 heterocycles. The highest BCUT2D eigenvalue weighted by Crippen LogP contribution is 2.18. The van der Waals surface area contributed by atoms with E-state index in [0.29, 0.717) is 17.1 Å². The lowest BCUT2D eigenvalue weighted by atomic mass is 10.1. The van der Waals surface area contributed by atoms with Gasteiger partial charge in [-0.3, -0.25) is 20.4 Å². The molecule has 0 bridgehead atoms. The van der Waals surface area contributed by atoms with Gasteiger partial charge in [-0.25, -0.2) is 13.1 Å². The molecule has 0 radical (unpaired) electrons. The second-order valence-electron chi connectivity index (χ2n) is 7.40. The molecular formula is C24H25N3O6S. The highest BCUT2D eigenvalue weighted by atomic mass is 32.2. The van der Waals surface area contributed by atoms with E-state index < -0.39 is 21.8 Å². The first-order valence-corrected chi connectivity index (χ1v) is 11.8. The number of nitrogens with one attached hydrogen (secondary N) is 3. The van der Waals surface area contributed by atoms with Crippen molar-refractivity contribution in [1.29, 1.82) is 0 Å². The summed E-state index contributed by atoms with van der Waals surface area (Å²) in [5, 5.41) is 0. The van der Waals surface area contributed by atoms with Gasteiger partial charge < -0.3 is 9.15 Å². The zero-order valence-corrected chi connectivity index (χ0v) is 19.5. The maximum Gasteiger partial charge on any atom is 0.276 e. The van der Waals surface area contributed by atoms with Crippen molar-refractivity contribution in [3.8, 4) is 5.75 Å². The Bertz CT molecular complexity index is 1270. The fourth-order valence-corrected chi connectivity index (χ4v) is 3.80. The third-order valence-corrected chi connectivity index (χ3v) is 6.08. The number of hydrogen-bond donors (Lipinski definition) is 3. The van der Waals surface area contributed by atoms with Crippen LogP contribution in [0.5, 0.6) is 5.75 Å². The van der Waals surface area contributed by atoms with Crippen molar-refractivity contribution < 1.29 is 27.2 Å². The van der Waals surface area contributed by atoms with Crippen LogP contribution in [0.3, 0.4) is 0 Å². The van der Waals surface area contributed by atoms with Gasteiger partial charge in [-0.2, -0.15) is 0 Å². The van der Waals surface area contributed by atoms with Crippen LogP contribution in [-0.4, -0.2) is 26.8 Å². The first kappa shape index (κ1) is 24.7. The zero-order valence-electron chi connectivity index (χ0n) is 18.7. The molecule has 2 amide bonds. The smallest absolute Gasteiger partial charge is 0.276 e. The fourth-order valence-electron chi connectivity index (χ4n) is 2.81. The molecular weight excluding hydrogens is 458 g/mol. The van der Waals surface area contributed by atoms with Gasteiger partial charge in [0.25, 0.3) is 11.8 Å². The number of ether oxygens (including phenoxy) is 1. The Morgan fingerprint density at radius 3 is 2.50 bits per heavy atom. The SMILES string of the molecule is Cc1ccc(C)c(OCC(=O)NNC(=O)/C=C/c2ccc(S(=O)(=O)NCc3ccco3)cc2)c1. The normalized spacial score (nSPS) is 11.4. The van der Waals surface area contributed by atoms with Gasteiger partial charge in [0.15, 0.2) is 6.61 Å². The first-order chi connectivity index (χ1) is 16.2. The largest absolute Gasteiger partial charge is 0.483 e. The molecule has 0 saturated heterocycles. The molecule has 3 rings (SSSR count). The van der Waals surface area contributed by atoms with E-state index in [2.05, 4.69) is 15.6 Å². The molecule has 0 aliphatic carbocycles. The molecule has 2 aromatic carbocycles. The van der Waals surface area contributed by atoms with Gasteiger partial charge in [-0.05, 0) is 66.9 Å². The minimum atomic E-state index is -3.71. The van der Waals surface area contributed by atoms with Crippen LogP contribution < -0.4 is 20.3 Å². The van der Waals surface area contributed by atoms with Crippen molar-refractivity contribution in [1.82, 2.24) is 15.6 Å². The lowest BCUT2D eigenvalue weighted by molar-refractivity contribution is -0.128. The monoisotopic (exact) mass is 483 g/mol. The summed E-state index contributed by atoms with van der Waals surface area (Å²) in [5.41, 5.74) is 7.04. The number of furan rings is 1. The molecule has 0 fully saturated rings. The average molecular weight is 484 g/mol. The summed E-state index contributed by atoms with van der Waals surface area (Å²) in [6, 6.07) is 15.0. The van der Waals surface area contributed by atoms with Gasteiger partial charge in [0.2, 0.25) is 10.0 Å². The number of carbonyl (C=O) groups is 2. The van der Waals surface area contributed by atoms with Crippen molar-refractivity contribution in [3.63, 3.8) is 0 Å². The molecule has 0 aliphatic heterocycles. The van der Waals surface area contributed by atoms with Crippen LogP contribution in [0, 0.1) is 13.8 Å². The van der Waals surface area contributed by atoms with Crippen LogP contribution in [0.2, 0.25) is 0 Å². The zero-order chi connectivity index (χ0) is 24.6. The lowest BCUT2D eigenvalue weighted by Gasteiger charge is -2.10. The third kappa shape index (κ3) is 7.32. The number of sulfonamides is 1. The number of carbonyl (C=O) groups excluding carboxylic acids is 2. The number of benzene rings is 2. The van der Waals surface area contributed by atoms with Gasteiger partial charge >= 0.3 is 0 Å². The summed E-state index contributed by atoms with van der Waals surface area (Å²) in [6.07, 6.45) is 4.16. The quantitative estimate of drug-likeness (QED) is 0.317. The van der Waals surface area contributed by atoms with Crippen LogP contribution in [0.1, 0.15) is 22.5 Å². The number of amides is 2. The first-order valence-electron chi connectivity index (χ1n) is 10.3. The molecule has 0 aliphatic rings. The minimum Gasteiger partial charge on any atom is -0.483 e. The van der Waals surface area contributed by atoms with Crippen molar-refractivity contribution in [2.75, 3.05) is 6.61 Å².